The Morgan fingerprint density at radius 3 is 1.82 bits per heavy atom. The summed E-state index contributed by atoms with van der Waals surface area (Å²) in [5.41, 5.74) is 5.78. The van der Waals surface area contributed by atoms with Crippen LogP contribution in [0, 0.1) is 0 Å². The summed E-state index contributed by atoms with van der Waals surface area (Å²) >= 11 is 0. The van der Waals surface area contributed by atoms with E-state index < -0.39 is 24.3 Å². The number of fused-ring (bicyclic) bond motifs is 2. The minimum atomic E-state index is -5.08. The van der Waals surface area contributed by atoms with Gasteiger partial charge in [-0.2, -0.15) is 26.3 Å². The maximum atomic E-state index is 12.4. The highest BCUT2D eigenvalue weighted by Crippen LogP contribution is 2.47. The fourth-order valence-electron chi connectivity index (χ4n) is 4.59. The molecule has 2 heterocycles. The average molecular weight is 578 g/mol. The van der Waals surface area contributed by atoms with Crippen molar-refractivity contribution in [1.29, 1.82) is 0 Å². The van der Waals surface area contributed by atoms with E-state index in [4.69, 9.17) is 19.8 Å². The van der Waals surface area contributed by atoms with Crippen molar-refractivity contribution in [1.82, 2.24) is 14.8 Å². The van der Waals surface area contributed by atoms with Gasteiger partial charge >= 0.3 is 24.3 Å². The monoisotopic (exact) mass is 577 g/mol. The smallest absolute Gasteiger partial charge is 0.475 e. The number of aromatic nitrogens is 1. The number of likely N-dealkylation sites (tertiary alicyclic amines) is 1. The van der Waals surface area contributed by atoms with Crippen molar-refractivity contribution in [3.8, 4) is 11.1 Å². The van der Waals surface area contributed by atoms with Crippen LogP contribution in [0.4, 0.5) is 26.3 Å². The van der Waals surface area contributed by atoms with E-state index in [-0.39, 0.29) is 11.3 Å². The molecular weight excluding hydrogens is 548 g/mol. The molecule has 0 saturated carbocycles. The number of hydrogen-bond acceptors (Lipinski definition) is 5. The minimum Gasteiger partial charge on any atom is -0.475 e. The predicted octanol–water partition coefficient (Wildman–Crippen LogP) is 4.38. The van der Waals surface area contributed by atoms with Gasteiger partial charge in [-0.1, -0.05) is 18.2 Å². The highest BCUT2D eigenvalue weighted by atomic mass is 19.4. The molecule has 2 aliphatic rings. The van der Waals surface area contributed by atoms with Crippen molar-refractivity contribution >= 4 is 17.8 Å². The molecule has 1 aliphatic carbocycles. The van der Waals surface area contributed by atoms with Crippen molar-refractivity contribution in [2.24, 2.45) is 0 Å². The normalized spacial score (nSPS) is 15.9. The second kappa shape index (κ2) is 13.1. The van der Waals surface area contributed by atoms with E-state index in [2.05, 4.69) is 40.2 Å². The summed E-state index contributed by atoms with van der Waals surface area (Å²) in [6.07, 6.45) is -1.91. The van der Waals surface area contributed by atoms with Crippen molar-refractivity contribution in [3.05, 3.63) is 53.9 Å². The van der Waals surface area contributed by atoms with Gasteiger partial charge in [0.15, 0.2) is 0 Å². The summed E-state index contributed by atoms with van der Waals surface area (Å²) < 4.78 is 63.5. The summed E-state index contributed by atoms with van der Waals surface area (Å²) in [6.45, 7) is 2.27. The van der Waals surface area contributed by atoms with Crippen LogP contribution in [0.1, 0.15) is 30.4 Å². The van der Waals surface area contributed by atoms with Gasteiger partial charge in [0.1, 0.15) is 0 Å². The van der Waals surface area contributed by atoms with E-state index in [1.54, 1.807) is 0 Å². The molecule has 8 nitrogen and oxygen atoms in total. The first-order valence-electron chi connectivity index (χ1n) is 12.0. The number of aryl methyl sites for hydroxylation is 1. The fourth-order valence-corrected chi connectivity index (χ4v) is 4.59. The highest BCUT2D eigenvalue weighted by molar-refractivity contribution is 5.78. The van der Waals surface area contributed by atoms with Crippen LogP contribution < -0.4 is 0 Å². The predicted molar refractivity (Wildman–Crippen MR) is 131 cm³/mol. The number of carbonyl (C=O) groups excluding carboxylic acids is 1. The third kappa shape index (κ3) is 8.93. The van der Waals surface area contributed by atoms with Gasteiger partial charge in [-0.3, -0.25) is 9.78 Å². The quantitative estimate of drug-likeness (QED) is 0.521. The fraction of sp³-hybridized carbons (Fsp3) is 0.462. The number of piperidine rings is 1. The Balaban J connectivity index is 0.000000333. The number of carboxylic acids is 2. The van der Waals surface area contributed by atoms with Crippen molar-refractivity contribution in [2.75, 3.05) is 33.7 Å². The molecule has 4 rings (SSSR count). The number of likely N-dealkylation sites (N-methyl/N-ethyl adjacent to an activating group) is 1. The van der Waals surface area contributed by atoms with Gasteiger partial charge in [-0.15, -0.1) is 0 Å². The van der Waals surface area contributed by atoms with Crippen LogP contribution in [0.3, 0.4) is 0 Å². The van der Waals surface area contributed by atoms with Crippen LogP contribution in [-0.2, 0) is 26.2 Å². The molecule has 0 bridgehead atoms. The summed E-state index contributed by atoms with van der Waals surface area (Å²) in [7, 11) is 3.91. The Kier molecular flexibility index (Phi) is 10.7. The number of carboxylic acid groups (broad SMARTS) is 2. The third-order valence-electron chi connectivity index (χ3n) is 6.58. The molecule has 1 aliphatic heterocycles. The third-order valence-corrected chi connectivity index (χ3v) is 6.58. The number of rotatable bonds is 3. The number of carbonyl (C=O) groups is 3. The van der Waals surface area contributed by atoms with E-state index >= 15 is 0 Å². The minimum absolute atomic E-state index is 0.257. The lowest BCUT2D eigenvalue weighted by atomic mass is 9.73. The van der Waals surface area contributed by atoms with Crippen LogP contribution in [0.2, 0.25) is 0 Å². The Bertz CT molecular complexity index is 1150. The number of halogens is 6. The Morgan fingerprint density at radius 2 is 1.38 bits per heavy atom. The largest absolute Gasteiger partial charge is 0.490 e. The van der Waals surface area contributed by atoms with Crippen molar-refractivity contribution in [3.63, 3.8) is 0 Å². The number of amides is 1. The number of alkyl halides is 6. The maximum absolute atomic E-state index is 12.4. The summed E-state index contributed by atoms with van der Waals surface area (Å²) in [5, 5.41) is 14.2. The first kappa shape index (κ1) is 32.5. The van der Waals surface area contributed by atoms with Crippen LogP contribution in [0.25, 0.3) is 11.1 Å². The van der Waals surface area contributed by atoms with Crippen LogP contribution in [-0.4, -0.2) is 88.9 Å². The summed E-state index contributed by atoms with van der Waals surface area (Å²) in [5.74, 6) is -5.26. The molecule has 1 aromatic carbocycles. The second-order valence-electron chi connectivity index (χ2n) is 9.61. The summed E-state index contributed by atoms with van der Waals surface area (Å²) in [6, 6.07) is 11.1. The molecule has 0 unspecified atom stereocenters. The van der Waals surface area contributed by atoms with Crippen LogP contribution in [0.15, 0.2) is 42.7 Å². The maximum Gasteiger partial charge on any atom is 0.490 e. The Hall–Kier alpha value is -3.68. The zero-order valence-electron chi connectivity index (χ0n) is 21.7. The van der Waals surface area contributed by atoms with Gasteiger partial charge in [0.2, 0.25) is 5.91 Å². The molecular formula is C26H29F6N3O5. The molecule has 220 valence electrons. The molecule has 0 radical (unpaired) electrons. The van der Waals surface area contributed by atoms with Crippen LogP contribution in [0.5, 0.6) is 0 Å². The van der Waals surface area contributed by atoms with Gasteiger partial charge in [0.25, 0.3) is 0 Å². The lowest BCUT2D eigenvalue weighted by Crippen LogP contribution is -2.46. The number of hydrogen-bond donors (Lipinski definition) is 2. The highest BCUT2D eigenvalue weighted by Gasteiger charge is 2.42. The zero-order valence-corrected chi connectivity index (χ0v) is 21.7. The molecule has 2 aromatic rings. The molecule has 40 heavy (non-hydrogen) atoms. The number of benzene rings is 1. The van der Waals surface area contributed by atoms with Crippen LogP contribution >= 0.6 is 0 Å². The SMILES string of the molecule is CN(C)CC(=O)N1CCC2(CCc3ccc(-c4ccncc4)cc32)CC1.O=C(O)C(F)(F)F.O=C(O)C(F)(F)F. The molecule has 1 aromatic heterocycles. The second-order valence-corrected chi connectivity index (χ2v) is 9.61. The standard InChI is InChI=1S/C22H27N3O.2C2HF3O2/c1-24(2)16-21(26)25-13-9-22(10-14-25)8-5-18-3-4-19(15-20(18)22)17-6-11-23-12-7-17;2*3-2(4,5)1(6)7/h3-4,6-7,11-12,15H,5,8-10,13-14,16H2,1-2H3;2*(H,6,7). The molecule has 1 spiro atoms. The van der Waals surface area contributed by atoms with E-state index in [0.717, 1.165) is 32.4 Å². The van der Waals surface area contributed by atoms with E-state index in [1.165, 1.54) is 28.7 Å². The molecule has 14 heteroatoms. The van der Waals surface area contributed by atoms with Gasteiger partial charge in [0, 0.05) is 25.5 Å². The lowest BCUT2D eigenvalue weighted by molar-refractivity contribution is -0.193. The number of pyridine rings is 1. The molecule has 1 amide bonds. The Morgan fingerprint density at radius 1 is 0.875 bits per heavy atom. The zero-order chi connectivity index (χ0) is 30.3. The first-order chi connectivity index (χ1) is 18.5. The van der Waals surface area contributed by atoms with E-state index in [0.29, 0.717) is 6.54 Å². The summed E-state index contributed by atoms with van der Waals surface area (Å²) in [4.78, 5) is 38.3. The molecule has 1 fully saturated rings. The van der Waals surface area contributed by atoms with E-state index in [1.807, 2.05) is 31.4 Å². The number of nitrogens with zero attached hydrogens (tertiary/aromatic N) is 3. The van der Waals surface area contributed by atoms with Gasteiger partial charge in [-0.05, 0) is 79.6 Å². The number of aliphatic carboxylic acids is 2. The van der Waals surface area contributed by atoms with Gasteiger partial charge < -0.3 is 20.0 Å². The lowest BCUT2D eigenvalue weighted by Gasteiger charge is -2.40. The van der Waals surface area contributed by atoms with Gasteiger partial charge in [0.05, 0.1) is 6.54 Å². The van der Waals surface area contributed by atoms with Crippen molar-refractivity contribution in [2.45, 2.75) is 43.5 Å². The first-order valence-corrected chi connectivity index (χ1v) is 12.0. The Labute approximate surface area is 226 Å². The molecule has 1 saturated heterocycles. The van der Waals surface area contributed by atoms with Gasteiger partial charge in [-0.25, -0.2) is 9.59 Å². The average Bonchev–Trinajstić information content (AvgIpc) is 3.21. The van der Waals surface area contributed by atoms with Crippen molar-refractivity contribution < 1.29 is 50.9 Å². The topological polar surface area (TPSA) is 111 Å². The van der Waals surface area contributed by atoms with E-state index in [9.17, 15) is 31.1 Å². The molecule has 2 N–H and O–H groups in total. The molecule has 0 atom stereocenters.